The van der Waals surface area contributed by atoms with Gasteiger partial charge in [-0.1, -0.05) is 19.8 Å². The van der Waals surface area contributed by atoms with Crippen molar-refractivity contribution in [1.82, 2.24) is 9.88 Å². The molecule has 0 aliphatic heterocycles. The minimum atomic E-state index is 0.103. The summed E-state index contributed by atoms with van der Waals surface area (Å²) in [5.41, 5.74) is 1.59. The molecular formula is C16H25N3O. The van der Waals surface area contributed by atoms with Gasteiger partial charge in [0, 0.05) is 31.4 Å². The summed E-state index contributed by atoms with van der Waals surface area (Å²) in [6, 6.07) is 4.07. The fourth-order valence-corrected chi connectivity index (χ4v) is 3.04. The van der Waals surface area contributed by atoms with Crippen molar-refractivity contribution in [2.24, 2.45) is 5.92 Å². The van der Waals surface area contributed by atoms with E-state index in [1.807, 2.05) is 38.1 Å². The molecule has 2 atom stereocenters. The third-order valence-electron chi connectivity index (χ3n) is 4.23. The van der Waals surface area contributed by atoms with Gasteiger partial charge in [0.05, 0.1) is 0 Å². The van der Waals surface area contributed by atoms with Crippen LogP contribution in [0.1, 0.15) is 48.7 Å². The maximum Gasteiger partial charge on any atom is 0.254 e. The Kier molecular flexibility index (Phi) is 4.63. The van der Waals surface area contributed by atoms with Gasteiger partial charge in [-0.3, -0.25) is 4.79 Å². The monoisotopic (exact) mass is 275 g/mol. The second kappa shape index (κ2) is 6.25. The molecule has 20 heavy (non-hydrogen) atoms. The zero-order chi connectivity index (χ0) is 14.7. The Morgan fingerprint density at radius 1 is 1.40 bits per heavy atom. The summed E-state index contributed by atoms with van der Waals surface area (Å²) in [6.45, 7) is 4.19. The van der Waals surface area contributed by atoms with Crippen LogP contribution in [0.4, 0.5) is 5.82 Å². The third-order valence-corrected chi connectivity index (χ3v) is 4.23. The van der Waals surface area contributed by atoms with E-state index in [1.165, 1.54) is 12.8 Å². The summed E-state index contributed by atoms with van der Waals surface area (Å²) in [5, 5.41) is 3.01. The van der Waals surface area contributed by atoms with Crippen molar-refractivity contribution < 1.29 is 4.79 Å². The molecular weight excluding hydrogens is 250 g/mol. The topological polar surface area (TPSA) is 45.2 Å². The SMILES string of the molecule is CNc1cc(C(=O)N(C)C2CCCC(C)C2)cc(C)n1. The molecule has 0 saturated heterocycles. The van der Waals surface area contributed by atoms with Gasteiger partial charge in [-0.2, -0.15) is 0 Å². The molecule has 1 aliphatic rings. The average Bonchev–Trinajstić information content (AvgIpc) is 2.45. The van der Waals surface area contributed by atoms with E-state index in [9.17, 15) is 4.79 Å². The molecule has 0 radical (unpaired) electrons. The minimum Gasteiger partial charge on any atom is -0.373 e. The van der Waals surface area contributed by atoms with Crippen LogP contribution in [0.15, 0.2) is 12.1 Å². The Hall–Kier alpha value is -1.58. The number of carbonyl (C=O) groups excluding carboxylic acids is 1. The number of nitrogens with zero attached hydrogens (tertiary/aromatic N) is 2. The van der Waals surface area contributed by atoms with Crippen LogP contribution in [0.25, 0.3) is 0 Å². The summed E-state index contributed by atoms with van der Waals surface area (Å²) < 4.78 is 0. The summed E-state index contributed by atoms with van der Waals surface area (Å²) in [7, 11) is 3.75. The number of pyridine rings is 1. The maximum atomic E-state index is 12.6. The molecule has 1 aliphatic carbocycles. The van der Waals surface area contributed by atoms with Crippen molar-refractivity contribution >= 4 is 11.7 Å². The third kappa shape index (κ3) is 3.30. The Labute approximate surface area is 121 Å². The van der Waals surface area contributed by atoms with Crippen molar-refractivity contribution in [3.05, 3.63) is 23.4 Å². The molecule has 1 aromatic rings. The number of anilines is 1. The van der Waals surface area contributed by atoms with Gasteiger partial charge in [0.25, 0.3) is 5.91 Å². The standard InChI is InChI=1S/C16H25N3O/c1-11-6-5-7-14(8-11)19(4)16(20)13-9-12(2)18-15(10-13)17-3/h9-11,14H,5-8H2,1-4H3,(H,17,18). The zero-order valence-corrected chi connectivity index (χ0v) is 12.9. The van der Waals surface area contributed by atoms with E-state index in [0.29, 0.717) is 6.04 Å². The molecule has 2 unspecified atom stereocenters. The minimum absolute atomic E-state index is 0.103. The van der Waals surface area contributed by atoms with Crippen LogP contribution in [0.3, 0.4) is 0 Å². The van der Waals surface area contributed by atoms with E-state index < -0.39 is 0 Å². The lowest BCUT2D eigenvalue weighted by Gasteiger charge is -2.34. The van der Waals surface area contributed by atoms with E-state index in [4.69, 9.17) is 0 Å². The highest BCUT2D eigenvalue weighted by Gasteiger charge is 2.26. The number of rotatable bonds is 3. The first-order valence-corrected chi connectivity index (χ1v) is 7.45. The summed E-state index contributed by atoms with van der Waals surface area (Å²) in [4.78, 5) is 18.9. The van der Waals surface area contributed by atoms with Crippen molar-refractivity contribution in [2.75, 3.05) is 19.4 Å². The van der Waals surface area contributed by atoms with Gasteiger partial charge >= 0.3 is 0 Å². The number of aryl methyl sites for hydroxylation is 1. The van der Waals surface area contributed by atoms with Crippen LogP contribution in [0, 0.1) is 12.8 Å². The lowest BCUT2D eigenvalue weighted by Crippen LogP contribution is -2.39. The van der Waals surface area contributed by atoms with Crippen LogP contribution < -0.4 is 5.32 Å². The van der Waals surface area contributed by atoms with Crippen LogP contribution in [-0.2, 0) is 0 Å². The van der Waals surface area contributed by atoms with Crippen LogP contribution in [0.2, 0.25) is 0 Å². The highest BCUT2D eigenvalue weighted by atomic mass is 16.2. The van der Waals surface area contributed by atoms with Gasteiger partial charge in [-0.15, -0.1) is 0 Å². The summed E-state index contributed by atoms with van der Waals surface area (Å²) in [5.74, 6) is 1.57. The number of aromatic nitrogens is 1. The van der Waals surface area contributed by atoms with Gasteiger partial charge in [-0.05, 0) is 37.8 Å². The first-order valence-electron chi connectivity index (χ1n) is 7.45. The molecule has 1 aromatic heterocycles. The molecule has 0 spiro atoms. The van der Waals surface area contributed by atoms with Crippen LogP contribution in [0.5, 0.6) is 0 Å². The van der Waals surface area contributed by atoms with E-state index in [2.05, 4.69) is 17.2 Å². The fourth-order valence-electron chi connectivity index (χ4n) is 3.04. The molecule has 2 rings (SSSR count). The van der Waals surface area contributed by atoms with Crippen LogP contribution in [-0.4, -0.2) is 35.9 Å². The Morgan fingerprint density at radius 2 is 2.15 bits per heavy atom. The molecule has 1 saturated carbocycles. The van der Waals surface area contributed by atoms with Crippen molar-refractivity contribution in [2.45, 2.75) is 45.6 Å². The normalized spacial score (nSPS) is 22.4. The summed E-state index contributed by atoms with van der Waals surface area (Å²) >= 11 is 0. The lowest BCUT2D eigenvalue weighted by molar-refractivity contribution is 0.0672. The Morgan fingerprint density at radius 3 is 2.80 bits per heavy atom. The fraction of sp³-hybridized carbons (Fsp3) is 0.625. The molecule has 0 bridgehead atoms. The number of carbonyl (C=O) groups is 1. The highest BCUT2D eigenvalue weighted by Crippen LogP contribution is 2.27. The first kappa shape index (κ1) is 14.8. The molecule has 4 nitrogen and oxygen atoms in total. The number of hydrogen-bond donors (Lipinski definition) is 1. The lowest BCUT2D eigenvalue weighted by atomic mass is 9.86. The van der Waals surface area contributed by atoms with Gasteiger partial charge in [0.1, 0.15) is 5.82 Å². The largest absolute Gasteiger partial charge is 0.373 e. The molecule has 1 heterocycles. The van der Waals surface area contributed by atoms with Gasteiger partial charge in [0.2, 0.25) is 0 Å². The summed E-state index contributed by atoms with van der Waals surface area (Å²) in [6.07, 6.45) is 4.75. The van der Waals surface area contributed by atoms with E-state index in [0.717, 1.165) is 35.8 Å². The second-order valence-electron chi connectivity index (χ2n) is 5.97. The first-order chi connectivity index (χ1) is 9.51. The Bertz CT molecular complexity index is 487. The molecule has 1 N–H and O–H groups in total. The predicted octanol–water partition coefficient (Wildman–Crippen LogP) is 3.08. The van der Waals surface area contributed by atoms with Crippen molar-refractivity contribution in [1.29, 1.82) is 0 Å². The predicted molar refractivity (Wildman–Crippen MR) is 82.0 cm³/mol. The van der Waals surface area contributed by atoms with Crippen LogP contribution >= 0.6 is 0 Å². The number of amides is 1. The van der Waals surface area contributed by atoms with E-state index in [-0.39, 0.29) is 5.91 Å². The smallest absolute Gasteiger partial charge is 0.254 e. The van der Waals surface area contributed by atoms with E-state index in [1.54, 1.807) is 0 Å². The van der Waals surface area contributed by atoms with Gasteiger partial charge in [0.15, 0.2) is 0 Å². The van der Waals surface area contributed by atoms with E-state index >= 15 is 0 Å². The molecule has 0 aromatic carbocycles. The number of nitrogens with one attached hydrogen (secondary N) is 1. The quantitative estimate of drug-likeness (QED) is 0.922. The molecule has 1 amide bonds. The second-order valence-corrected chi connectivity index (χ2v) is 5.97. The maximum absolute atomic E-state index is 12.6. The molecule has 1 fully saturated rings. The van der Waals surface area contributed by atoms with Gasteiger partial charge in [-0.25, -0.2) is 4.98 Å². The molecule has 4 heteroatoms. The highest BCUT2D eigenvalue weighted by molar-refractivity contribution is 5.95. The number of hydrogen-bond acceptors (Lipinski definition) is 3. The van der Waals surface area contributed by atoms with Crippen molar-refractivity contribution in [3.63, 3.8) is 0 Å². The molecule has 110 valence electrons. The van der Waals surface area contributed by atoms with Gasteiger partial charge < -0.3 is 10.2 Å². The zero-order valence-electron chi connectivity index (χ0n) is 12.9. The average molecular weight is 275 g/mol. The van der Waals surface area contributed by atoms with Crippen molar-refractivity contribution in [3.8, 4) is 0 Å². The Balaban J connectivity index is 2.15.